The van der Waals surface area contributed by atoms with Crippen LogP contribution in [-0.2, 0) is 14.8 Å². The Kier molecular flexibility index (Phi) is 8.52. The molecule has 1 amide bonds. The van der Waals surface area contributed by atoms with Crippen molar-refractivity contribution in [2.75, 3.05) is 29.6 Å². The van der Waals surface area contributed by atoms with Gasteiger partial charge in [0.15, 0.2) is 0 Å². The van der Waals surface area contributed by atoms with E-state index < -0.39 is 22.0 Å². The first-order valence-corrected chi connectivity index (χ1v) is 13.3. The second-order valence-electron chi connectivity index (χ2n) is 7.98. The molecule has 0 spiro atoms. The molecular weight excluding hydrogens is 532 g/mol. The van der Waals surface area contributed by atoms with Gasteiger partial charge in [-0.1, -0.05) is 24.3 Å². The molecule has 3 aromatic rings. The molecule has 1 atom stereocenters. The molecule has 3 aromatic carbocycles. The highest BCUT2D eigenvalue weighted by Gasteiger charge is 2.29. The van der Waals surface area contributed by atoms with Gasteiger partial charge in [-0.3, -0.25) is 9.10 Å². The summed E-state index contributed by atoms with van der Waals surface area (Å²) in [6, 6.07) is 20.3. The summed E-state index contributed by atoms with van der Waals surface area (Å²) in [4.78, 5) is 14.7. The molecule has 0 heterocycles. The topological polar surface area (TPSA) is 91.3 Å². The third kappa shape index (κ3) is 7.06. The van der Waals surface area contributed by atoms with E-state index in [0.717, 1.165) is 26.3 Å². The van der Waals surface area contributed by atoms with Gasteiger partial charge in [-0.05, 0) is 76.9 Å². The van der Waals surface area contributed by atoms with E-state index in [2.05, 4.69) is 26.5 Å². The Morgan fingerprint density at radius 3 is 2.23 bits per heavy atom. The average molecular weight is 559 g/mol. The molecule has 0 aliphatic rings. The summed E-state index contributed by atoms with van der Waals surface area (Å²) in [6.45, 7) is 1.50. The third-order valence-electron chi connectivity index (χ3n) is 5.00. The summed E-state index contributed by atoms with van der Waals surface area (Å²) in [7, 11) is 0.114. The minimum Gasteiger partial charge on any atom is -0.457 e. The lowest BCUT2D eigenvalue weighted by molar-refractivity contribution is -0.121. The highest BCUT2D eigenvalue weighted by molar-refractivity contribution is 9.10. The Balaban J connectivity index is 1.71. The van der Waals surface area contributed by atoms with Crippen LogP contribution in [0.25, 0.3) is 0 Å². The van der Waals surface area contributed by atoms with Crippen LogP contribution in [0.2, 0.25) is 0 Å². The molecule has 35 heavy (non-hydrogen) atoms. The maximum atomic E-state index is 12.7. The van der Waals surface area contributed by atoms with E-state index in [9.17, 15) is 13.2 Å². The maximum Gasteiger partial charge on any atom is 0.263 e. The summed E-state index contributed by atoms with van der Waals surface area (Å²) >= 11 is 3.51. The van der Waals surface area contributed by atoms with Gasteiger partial charge in [0.25, 0.3) is 5.91 Å². The highest BCUT2D eigenvalue weighted by Crippen LogP contribution is 2.27. The lowest BCUT2D eigenvalue weighted by Gasteiger charge is -2.27. The highest BCUT2D eigenvalue weighted by atomic mass is 79.9. The summed E-state index contributed by atoms with van der Waals surface area (Å²) in [5.41, 5.74) is 4.54. The largest absolute Gasteiger partial charge is 0.457 e. The number of nitrogens with one attached hydrogen (secondary N) is 1. The fraction of sp³-hybridized carbons (Fsp3) is 0.200. The SMILES string of the molecule is C[C@H](C(=O)N/N=C\c1ccc(N(C)C)c(Br)c1)N(c1ccc(Oc2ccccc2)cc1)S(C)(=O)=O. The van der Waals surface area contributed by atoms with Gasteiger partial charge in [-0.25, -0.2) is 13.8 Å². The molecule has 0 aliphatic heterocycles. The summed E-state index contributed by atoms with van der Waals surface area (Å²) in [6.07, 6.45) is 2.55. The molecule has 0 radical (unpaired) electrons. The van der Waals surface area contributed by atoms with E-state index in [0.29, 0.717) is 17.2 Å². The summed E-state index contributed by atoms with van der Waals surface area (Å²) in [5, 5.41) is 4.00. The predicted octanol–water partition coefficient (Wildman–Crippen LogP) is 4.61. The van der Waals surface area contributed by atoms with Gasteiger partial charge in [0.05, 0.1) is 23.8 Å². The quantitative estimate of drug-likeness (QED) is 0.306. The number of halogens is 1. The van der Waals surface area contributed by atoms with Crippen molar-refractivity contribution in [3.8, 4) is 11.5 Å². The number of hydrazone groups is 1. The Morgan fingerprint density at radius 1 is 1.03 bits per heavy atom. The van der Waals surface area contributed by atoms with Crippen LogP contribution in [-0.4, -0.2) is 46.9 Å². The standard InChI is InChI=1S/C25H27BrN4O4S/c1-18(25(31)28-27-17-19-10-15-24(29(2)3)23(26)16-19)30(35(4,32)33)20-11-13-22(14-12-20)34-21-8-6-5-7-9-21/h5-18H,1-4H3,(H,28,31)/b27-17-/t18-/m1/s1. The molecule has 184 valence electrons. The van der Waals surface area contributed by atoms with Crippen LogP contribution in [0.15, 0.2) is 82.4 Å². The van der Waals surface area contributed by atoms with Crippen molar-refractivity contribution in [2.45, 2.75) is 13.0 Å². The van der Waals surface area contributed by atoms with Gasteiger partial charge < -0.3 is 9.64 Å². The van der Waals surface area contributed by atoms with Crippen LogP contribution >= 0.6 is 15.9 Å². The van der Waals surface area contributed by atoms with Crippen LogP contribution in [0.4, 0.5) is 11.4 Å². The minimum absolute atomic E-state index is 0.336. The van der Waals surface area contributed by atoms with Crippen LogP contribution in [0, 0.1) is 0 Å². The van der Waals surface area contributed by atoms with Crippen molar-refractivity contribution in [2.24, 2.45) is 5.10 Å². The van der Waals surface area contributed by atoms with Gasteiger partial charge in [0.1, 0.15) is 17.5 Å². The van der Waals surface area contributed by atoms with E-state index in [4.69, 9.17) is 4.74 Å². The molecule has 8 nitrogen and oxygen atoms in total. The first-order valence-electron chi connectivity index (χ1n) is 10.7. The number of carbonyl (C=O) groups excluding carboxylic acids is 1. The summed E-state index contributed by atoms with van der Waals surface area (Å²) in [5.74, 6) is 0.635. The van der Waals surface area contributed by atoms with Crippen LogP contribution < -0.4 is 19.4 Å². The Morgan fingerprint density at radius 2 is 1.66 bits per heavy atom. The van der Waals surface area contributed by atoms with E-state index in [1.54, 1.807) is 24.3 Å². The first-order chi connectivity index (χ1) is 16.6. The number of hydrogen-bond donors (Lipinski definition) is 1. The number of para-hydroxylation sites is 1. The molecule has 0 saturated heterocycles. The van der Waals surface area contributed by atoms with E-state index in [1.165, 1.54) is 13.1 Å². The lowest BCUT2D eigenvalue weighted by Crippen LogP contribution is -2.46. The number of hydrogen-bond acceptors (Lipinski definition) is 6. The van der Waals surface area contributed by atoms with E-state index in [-0.39, 0.29) is 0 Å². The fourth-order valence-corrected chi connectivity index (χ4v) is 5.25. The molecule has 3 rings (SSSR count). The molecule has 0 fully saturated rings. The molecule has 1 N–H and O–H groups in total. The number of benzene rings is 3. The molecule has 0 unspecified atom stereocenters. The summed E-state index contributed by atoms with van der Waals surface area (Å²) < 4.78 is 32.8. The number of amides is 1. The van der Waals surface area contributed by atoms with Crippen molar-refractivity contribution in [3.05, 3.63) is 82.8 Å². The van der Waals surface area contributed by atoms with Gasteiger partial charge in [0, 0.05) is 18.6 Å². The average Bonchev–Trinajstić information content (AvgIpc) is 2.80. The number of ether oxygens (including phenoxy) is 1. The minimum atomic E-state index is -3.76. The van der Waals surface area contributed by atoms with Crippen molar-refractivity contribution >= 4 is 49.4 Å². The molecule has 0 aromatic heterocycles. The smallest absolute Gasteiger partial charge is 0.263 e. The number of sulfonamides is 1. The second kappa shape index (κ2) is 11.4. The van der Waals surface area contributed by atoms with Crippen molar-refractivity contribution in [1.29, 1.82) is 0 Å². The third-order valence-corrected chi connectivity index (χ3v) is 6.88. The molecular formula is C25H27BrN4O4S. The molecule has 0 bridgehead atoms. The van der Waals surface area contributed by atoms with Crippen LogP contribution in [0.5, 0.6) is 11.5 Å². The lowest BCUT2D eigenvalue weighted by atomic mass is 10.2. The maximum absolute atomic E-state index is 12.7. The van der Waals surface area contributed by atoms with E-state index >= 15 is 0 Å². The Bertz CT molecular complexity index is 1300. The normalized spacial score (nSPS) is 12.3. The van der Waals surface area contributed by atoms with Gasteiger partial charge in [-0.15, -0.1) is 0 Å². The number of carbonyl (C=O) groups is 1. The second-order valence-corrected chi connectivity index (χ2v) is 10.7. The van der Waals surface area contributed by atoms with Gasteiger partial charge in [0.2, 0.25) is 10.0 Å². The van der Waals surface area contributed by atoms with Gasteiger partial charge in [-0.2, -0.15) is 5.10 Å². The number of anilines is 2. The van der Waals surface area contributed by atoms with Crippen molar-refractivity contribution in [3.63, 3.8) is 0 Å². The van der Waals surface area contributed by atoms with Crippen LogP contribution in [0.1, 0.15) is 12.5 Å². The molecule has 0 saturated carbocycles. The van der Waals surface area contributed by atoms with Crippen LogP contribution in [0.3, 0.4) is 0 Å². The van der Waals surface area contributed by atoms with Crippen molar-refractivity contribution in [1.82, 2.24) is 5.43 Å². The van der Waals surface area contributed by atoms with Crippen molar-refractivity contribution < 1.29 is 17.9 Å². The van der Waals surface area contributed by atoms with Gasteiger partial charge >= 0.3 is 0 Å². The zero-order chi connectivity index (χ0) is 25.6. The zero-order valence-corrected chi connectivity index (χ0v) is 22.2. The monoisotopic (exact) mass is 558 g/mol. The fourth-order valence-electron chi connectivity index (χ4n) is 3.32. The zero-order valence-electron chi connectivity index (χ0n) is 19.8. The molecule has 10 heteroatoms. The van der Waals surface area contributed by atoms with E-state index in [1.807, 2.05) is 67.5 Å². The Labute approximate surface area is 214 Å². The number of nitrogens with zero attached hydrogens (tertiary/aromatic N) is 3. The molecule has 0 aliphatic carbocycles. The first kappa shape index (κ1) is 26.2. The Hall–Kier alpha value is -3.37. The number of rotatable bonds is 9. The predicted molar refractivity (Wildman–Crippen MR) is 144 cm³/mol.